The van der Waals surface area contributed by atoms with Gasteiger partial charge in [-0.1, -0.05) is 61.5 Å². The molecule has 0 aromatic heterocycles. The molecule has 4 rings (SSSR count). The summed E-state index contributed by atoms with van der Waals surface area (Å²) in [4.78, 5) is 0. The first kappa shape index (κ1) is 26.5. The lowest BCUT2D eigenvalue weighted by Crippen LogP contribution is -2.73. The van der Waals surface area contributed by atoms with E-state index in [1.54, 1.807) is 0 Å². The predicted molar refractivity (Wildman–Crippen MR) is 131 cm³/mol. The molecule has 0 aromatic carbocycles. The highest BCUT2D eigenvalue weighted by molar-refractivity contribution is 6.83. The minimum atomic E-state index is -2.75. The van der Waals surface area contributed by atoms with Crippen molar-refractivity contribution in [3.05, 3.63) is 12.7 Å². The monoisotopic (exact) mass is 486 g/mol. The van der Waals surface area contributed by atoms with Gasteiger partial charge in [0.2, 0.25) is 0 Å². The molecule has 1 aliphatic carbocycles. The van der Waals surface area contributed by atoms with Crippen LogP contribution in [-0.2, 0) is 22.4 Å². The van der Waals surface area contributed by atoms with Crippen molar-refractivity contribution in [1.82, 2.24) is 0 Å². The van der Waals surface area contributed by atoms with Crippen molar-refractivity contribution in [2.75, 3.05) is 13.2 Å². The van der Waals surface area contributed by atoms with Crippen LogP contribution < -0.4 is 0 Å². The smallest absolute Gasteiger partial charge is 0.335 e. The number of aliphatic hydroxyl groups is 1. The van der Waals surface area contributed by atoms with Gasteiger partial charge in [0, 0.05) is 31.0 Å². The van der Waals surface area contributed by atoms with Gasteiger partial charge in [-0.15, -0.1) is 6.58 Å². The zero-order chi connectivity index (χ0) is 24.0. The van der Waals surface area contributed by atoms with Crippen LogP contribution in [0.5, 0.6) is 0 Å². The van der Waals surface area contributed by atoms with Crippen LogP contribution in [0.3, 0.4) is 0 Å². The van der Waals surface area contributed by atoms with Crippen LogP contribution in [0.1, 0.15) is 62.3 Å². The van der Waals surface area contributed by atoms with Crippen LogP contribution in [0.15, 0.2) is 12.7 Å². The Bertz CT molecular complexity index is 638. The standard InChI is InChI=1S/C24H46O6Si2/c1-11-18-20-19-13-27-31(14(3)4,15(5)6)30-32(16(7)8,17(9)10)29-22(19)23(21(18)25)28-24(20)26-12-2/h11,14-25H,1,12-13H2,2-10H3/t18-,19+,20+,21+,22+,23-,24+/m1/s1. The molecule has 0 amide bonds. The summed E-state index contributed by atoms with van der Waals surface area (Å²) in [7, 11) is -5.36. The Morgan fingerprint density at radius 2 is 1.53 bits per heavy atom. The van der Waals surface area contributed by atoms with Crippen LogP contribution in [-0.4, -0.2) is 60.0 Å². The zero-order valence-electron chi connectivity index (χ0n) is 21.5. The van der Waals surface area contributed by atoms with Crippen molar-refractivity contribution in [3.63, 3.8) is 0 Å². The first-order chi connectivity index (χ1) is 15.0. The first-order valence-electron chi connectivity index (χ1n) is 12.6. The highest BCUT2D eigenvalue weighted by atomic mass is 28.5. The summed E-state index contributed by atoms with van der Waals surface area (Å²) >= 11 is 0. The molecule has 0 radical (unpaired) electrons. The van der Waals surface area contributed by atoms with Crippen molar-refractivity contribution in [2.45, 2.75) is 109 Å². The molecular weight excluding hydrogens is 440 g/mol. The molecule has 7 atom stereocenters. The Balaban J connectivity index is 2.13. The van der Waals surface area contributed by atoms with E-state index in [0.29, 0.717) is 24.3 Å². The molecule has 3 heterocycles. The van der Waals surface area contributed by atoms with E-state index >= 15 is 0 Å². The summed E-state index contributed by atoms with van der Waals surface area (Å²) in [6.45, 7) is 24.9. The fourth-order valence-corrected chi connectivity index (χ4v) is 17.6. The average molecular weight is 487 g/mol. The van der Waals surface area contributed by atoms with E-state index in [-0.39, 0.29) is 41.2 Å². The molecule has 8 heteroatoms. The molecule has 2 bridgehead atoms. The Morgan fingerprint density at radius 3 is 2.00 bits per heavy atom. The second-order valence-electron chi connectivity index (χ2n) is 11.0. The minimum absolute atomic E-state index is 0.0624. The first-order valence-corrected chi connectivity index (χ1v) is 16.5. The van der Waals surface area contributed by atoms with Gasteiger partial charge in [0.1, 0.15) is 6.10 Å². The molecule has 1 saturated carbocycles. The molecule has 0 spiro atoms. The molecule has 186 valence electrons. The normalized spacial score (nSPS) is 38.8. The van der Waals surface area contributed by atoms with Gasteiger partial charge in [-0.3, -0.25) is 0 Å². The van der Waals surface area contributed by atoms with Gasteiger partial charge < -0.3 is 27.5 Å². The number of hydrogen-bond acceptors (Lipinski definition) is 6. The van der Waals surface area contributed by atoms with Crippen molar-refractivity contribution in [3.8, 4) is 0 Å². The molecule has 3 saturated heterocycles. The minimum Gasteiger partial charge on any atom is -0.414 e. The maximum Gasteiger partial charge on any atom is 0.335 e. The summed E-state index contributed by atoms with van der Waals surface area (Å²) < 4.78 is 33.8. The van der Waals surface area contributed by atoms with E-state index < -0.39 is 29.3 Å². The lowest BCUT2D eigenvalue weighted by atomic mass is 9.65. The molecule has 4 fully saturated rings. The van der Waals surface area contributed by atoms with Gasteiger partial charge in [-0.25, -0.2) is 0 Å². The van der Waals surface area contributed by atoms with Crippen molar-refractivity contribution >= 4 is 17.1 Å². The van der Waals surface area contributed by atoms with E-state index in [2.05, 4.69) is 62.0 Å². The Morgan fingerprint density at radius 1 is 0.969 bits per heavy atom. The van der Waals surface area contributed by atoms with E-state index in [4.69, 9.17) is 22.4 Å². The molecule has 32 heavy (non-hydrogen) atoms. The fourth-order valence-electron chi connectivity index (χ4n) is 6.30. The molecule has 4 aliphatic rings. The average Bonchev–Trinajstić information content (AvgIpc) is 2.69. The van der Waals surface area contributed by atoms with E-state index in [9.17, 15) is 5.11 Å². The van der Waals surface area contributed by atoms with Crippen LogP contribution >= 0.6 is 0 Å². The van der Waals surface area contributed by atoms with E-state index in [1.807, 2.05) is 13.0 Å². The second-order valence-corrected chi connectivity index (χ2v) is 19.9. The Kier molecular flexibility index (Phi) is 8.20. The SMILES string of the molecule is C=C[C@H]1[C@H](O)[C@H]2O[C@H](OCC)[C@@H]1[C@@H]1CO[Si](C(C)C)(C(C)C)O[Si](C(C)C)(C(C)C)O[C@@H]12. The largest absolute Gasteiger partial charge is 0.414 e. The highest BCUT2D eigenvalue weighted by Crippen LogP contribution is 2.53. The van der Waals surface area contributed by atoms with Gasteiger partial charge in [-0.05, 0) is 29.1 Å². The van der Waals surface area contributed by atoms with Gasteiger partial charge in [0.15, 0.2) is 6.29 Å². The van der Waals surface area contributed by atoms with Gasteiger partial charge in [-0.2, -0.15) is 0 Å². The van der Waals surface area contributed by atoms with Crippen LogP contribution in [0.4, 0.5) is 0 Å². The Labute approximate surface area is 197 Å². The summed E-state index contributed by atoms with van der Waals surface area (Å²) in [5.41, 5.74) is 1.08. The zero-order valence-corrected chi connectivity index (χ0v) is 23.5. The van der Waals surface area contributed by atoms with Gasteiger partial charge in [0.05, 0.1) is 12.2 Å². The van der Waals surface area contributed by atoms with Crippen LogP contribution in [0, 0.1) is 17.8 Å². The number of fused-ring (bicyclic) bond motifs is 2. The maximum atomic E-state index is 11.2. The third-order valence-corrected chi connectivity index (χ3v) is 18.2. The molecule has 6 nitrogen and oxygen atoms in total. The van der Waals surface area contributed by atoms with E-state index in [1.165, 1.54) is 0 Å². The summed E-state index contributed by atoms with van der Waals surface area (Å²) in [6, 6.07) is 0. The summed E-state index contributed by atoms with van der Waals surface area (Å²) in [5, 5.41) is 11.2. The molecule has 0 unspecified atom stereocenters. The third kappa shape index (κ3) is 4.13. The van der Waals surface area contributed by atoms with E-state index in [0.717, 1.165) is 0 Å². The lowest BCUT2D eigenvalue weighted by Gasteiger charge is -2.61. The number of aliphatic hydroxyl groups excluding tert-OH is 1. The number of ether oxygens (including phenoxy) is 2. The molecular formula is C24H46O6Si2. The highest BCUT2D eigenvalue weighted by Gasteiger charge is 2.65. The molecule has 1 N–H and O–H groups in total. The molecule has 3 aliphatic heterocycles. The second kappa shape index (κ2) is 9.89. The van der Waals surface area contributed by atoms with Crippen molar-refractivity contribution in [2.24, 2.45) is 17.8 Å². The van der Waals surface area contributed by atoms with Gasteiger partial charge in [0.25, 0.3) is 0 Å². The predicted octanol–water partition coefficient (Wildman–Crippen LogP) is 5.11. The lowest BCUT2D eigenvalue weighted by molar-refractivity contribution is -0.334. The maximum absolute atomic E-state index is 11.2. The summed E-state index contributed by atoms with van der Waals surface area (Å²) in [6.07, 6.45) is 0.0683. The fraction of sp³-hybridized carbons (Fsp3) is 0.917. The van der Waals surface area contributed by atoms with Crippen LogP contribution in [0.2, 0.25) is 22.2 Å². The topological polar surface area (TPSA) is 66.4 Å². The quantitative estimate of drug-likeness (QED) is 0.398. The molecule has 0 aromatic rings. The number of rotatable bonds is 7. The van der Waals surface area contributed by atoms with Crippen LogP contribution in [0.25, 0.3) is 0 Å². The Hall–Kier alpha value is -0.0662. The van der Waals surface area contributed by atoms with Crippen molar-refractivity contribution in [1.29, 1.82) is 0 Å². The van der Waals surface area contributed by atoms with Crippen molar-refractivity contribution < 1.29 is 27.5 Å². The van der Waals surface area contributed by atoms with Gasteiger partial charge >= 0.3 is 17.1 Å². The third-order valence-electron chi connectivity index (χ3n) is 7.98. The summed E-state index contributed by atoms with van der Waals surface area (Å²) in [5.74, 6) is -0.107. The number of hydrogen-bond donors (Lipinski definition) is 1.